The smallest absolute Gasteiger partial charge is 0.0897 e. The molecule has 2 rings (SSSR count). The molecule has 0 spiro atoms. The molecule has 1 saturated carbocycles. The van der Waals surface area contributed by atoms with Gasteiger partial charge in [0.25, 0.3) is 0 Å². The Morgan fingerprint density at radius 2 is 2.10 bits per heavy atom. The number of aliphatic hydroxyl groups excluding tert-OH is 1. The van der Waals surface area contributed by atoms with Crippen LogP contribution in [0.5, 0.6) is 0 Å². The Hall–Kier alpha value is -0.970. The Kier molecular flexibility index (Phi) is 7.13. The molecule has 3 atom stereocenters. The van der Waals surface area contributed by atoms with E-state index in [2.05, 4.69) is 17.2 Å². The average Bonchev–Trinajstić information content (AvgIpc) is 2.54. The Labute approximate surface area is 127 Å². The van der Waals surface area contributed by atoms with E-state index in [0.717, 1.165) is 13.0 Å². The van der Waals surface area contributed by atoms with E-state index >= 15 is 0 Å². The Morgan fingerprint density at radius 1 is 1.33 bits per heavy atom. The summed E-state index contributed by atoms with van der Waals surface area (Å²) in [6.45, 7) is 3.98. The third-order valence-corrected chi connectivity index (χ3v) is 4.32. The van der Waals surface area contributed by atoms with Crippen LogP contribution >= 0.6 is 0 Å². The SMILES string of the molecule is CCC1CCCCC1OCC(O)CNCc1ccncc1. The molecule has 1 heterocycles. The van der Waals surface area contributed by atoms with Gasteiger partial charge in [-0.3, -0.25) is 4.98 Å². The molecule has 0 aromatic carbocycles. The Bertz CT molecular complexity index is 386. The van der Waals surface area contributed by atoms with Crippen molar-refractivity contribution < 1.29 is 9.84 Å². The van der Waals surface area contributed by atoms with Crippen LogP contribution < -0.4 is 5.32 Å². The molecule has 1 fully saturated rings. The fourth-order valence-electron chi connectivity index (χ4n) is 3.04. The van der Waals surface area contributed by atoms with Gasteiger partial charge in [-0.2, -0.15) is 0 Å². The van der Waals surface area contributed by atoms with Gasteiger partial charge in [0.05, 0.1) is 18.8 Å². The minimum Gasteiger partial charge on any atom is -0.389 e. The number of ether oxygens (including phenoxy) is 1. The lowest BCUT2D eigenvalue weighted by atomic mass is 9.85. The molecule has 4 nitrogen and oxygen atoms in total. The minimum atomic E-state index is -0.439. The third-order valence-electron chi connectivity index (χ3n) is 4.32. The number of hydrogen-bond donors (Lipinski definition) is 2. The maximum absolute atomic E-state index is 10.0. The van der Waals surface area contributed by atoms with Crippen LogP contribution in [0.15, 0.2) is 24.5 Å². The van der Waals surface area contributed by atoms with E-state index < -0.39 is 6.10 Å². The van der Waals surface area contributed by atoms with E-state index in [0.29, 0.717) is 25.2 Å². The molecule has 0 radical (unpaired) electrons. The van der Waals surface area contributed by atoms with Gasteiger partial charge in [0.15, 0.2) is 0 Å². The van der Waals surface area contributed by atoms with Crippen molar-refractivity contribution in [3.8, 4) is 0 Å². The average molecular weight is 292 g/mol. The van der Waals surface area contributed by atoms with E-state index in [-0.39, 0.29) is 0 Å². The molecule has 1 aliphatic rings. The molecule has 21 heavy (non-hydrogen) atoms. The Morgan fingerprint density at radius 3 is 2.86 bits per heavy atom. The lowest BCUT2D eigenvalue weighted by molar-refractivity contribution is -0.0499. The van der Waals surface area contributed by atoms with Crippen LogP contribution in [0.4, 0.5) is 0 Å². The normalized spacial score (nSPS) is 23.9. The standard InChI is InChI=1S/C17H28N2O2/c1-2-15-5-3-4-6-17(15)21-13-16(20)12-19-11-14-7-9-18-10-8-14/h7-10,15-17,19-20H,2-6,11-13H2,1H3. The van der Waals surface area contributed by atoms with Crippen LogP contribution in [0.3, 0.4) is 0 Å². The number of aliphatic hydroxyl groups is 1. The highest BCUT2D eigenvalue weighted by molar-refractivity contribution is 5.08. The van der Waals surface area contributed by atoms with Crippen LogP contribution in [0.25, 0.3) is 0 Å². The number of nitrogens with one attached hydrogen (secondary N) is 1. The van der Waals surface area contributed by atoms with Crippen molar-refractivity contribution in [2.24, 2.45) is 5.92 Å². The predicted octanol–water partition coefficient (Wildman–Crippen LogP) is 2.52. The number of rotatable bonds is 8. The summed E-state index contributed by atoms with van der Waals surface area (Å²) in [6, 6.07) is 3.95. The van der Waals surface area contributed by atoms with Gasteiger partial charge in [-0.1, -0.05) is 26.2 Å². The van der Waals surface area contributed by atoms with Gasteiger partial charge in [-0.05, 0) is 36.5 Å². The van der Waals surface area contributed by atoms with E-state index in [1.165, 1.54) is 31.2 Å². The largest absolute Gasteiger partial charge is 0.389 e. The van der Waals surface area contributed by atoms with Crippen LogP contribution in [0, 0.1) is 5.92 Å². The maximum atomic E-state index is 10.0. The second kappa shape index (κ2) is 9.13. The van der Waals surface area contributed by atoms with Gasteiger partial charge in [0, 0.05) is 25.5 Å². The van der Waals surface area contributed by atoms with E-state index in [9.17, 15) is 5.11 Å². The van der Waals surface area contributed by atoms with E-state index in [1.54, 1.807) is 12.4 Å². The molecule has 1 aromatic rings. The monoisotopic (exact) mass is 292 g/mol. The van der Waals surface area contributed by atoms with Crippen molar-refractivity contribution in [3.05, 3.63) is 30.1 Å². The summed E-state index contributed by atoms with van der Waals surface area (Å²) in [4.78, 5) is 3.99. The molecular weight excluding hydrogens is 264 g/mol. The van der Waals surface area contributed by atoms with E-state index in [1.807, 2.05) is 12.1 Å². The number of aromatic nitrogens is 1. The summed E-state index contributed by atoms with van der Waals surface area (Å²) < 4.78 is 5.95. The van der Waals surface area contributed by atoms with Crippen molar-refractivity contribution in [3.63, 3.8) is 0 Å². The summed E-state index contributed by atoms with van der Waals surface area (Å²) >= 11 is 0. The van der Waals surface area contributed by atoms with Crippen molar-refractivity contribution >= 4 is 0 Å². The zero-order valence-corrected chi connectivity index (χ0v) is 13.0. The first-order valence-corrected chi connectivity index (χ1v) is 8.19. The molecule has 118 valence electrons. The van der Waals surface area contributed by atoms with Crippen molar-refractivity contribution in [1.82, 2.24) is 10.3 Å². The summed E-state index contributed by atoms with van der Waals surface area (Å²) in [5, 5.41) is 13.3. The highest BCUT2D eigenvalue weighted by Crippen LogP contribution is 2.29. The molecule has 3 unspecified atom stereocenters. The summed E-state index contributed by atoms with van der Waals surface area (Å²) in [6.07, 6.45) is 9.67. The molecule has 4 heteroatoms. The number of nitrogens with zero attached hydrogens (tertiary/aromatic N) is 1. The fourth-order valence-corrected chi connectivity index (χ4v) is 3.04. The molecule has 0 bridgehead atoms. The van der Waals surface area contributed by atoms with Crippen LogP contribution in [-0.4, -0.2) is 35.5 Å². The van der Waals surface area contributed by atoms with Gasteiger partial charge in [0.2, 0.25) is 0 Å². The van der Waals surface area contributed by atoms with Gasteiger partial charge < -0.3 is 15.2 Å². The highest BCUT2D eigenvalue weighted by atomic mass is 16.5. The van der Waals surface area contributed by atoms with Gasteiger partial charge in [-0.15, -0.1) is 0 Å². The van der Waals surface area contributed by atoms with Crippen molar-refractivity contribution in [2.45, 2.75) is 57.8 Å². The lowest BCUT2D eigenvalue weighted by Gasteiger charge is -2.31. The minimum absolute atomic E-state index is 0.346. The first-order chi connectivity index (χ1) is 10.3. The maximum Gasteiger partial charge on any atom is 0.0897 e. The molecule has 1 aliphatic carbocycles. The topological polar surface area (TPSA) is 54.4 Å². The second-order valence-corrected chi connectivity index (χ2v) is 5.96. The summed E-state index contributed by atoms with van der Waals surface area (Å²) in [7, 11) is 0. The number of hydrogen-bond acceptors (Lipinski definition) is 4. The Balaban J connectivity index is 1.61. The predicted molar refractivity (Wildman–Crippen MR) is 83.9 cm³/mol. The first-order valence-electron chi connectivity index (χ1n) is 8.19. The van der Waals surface area contributed by atoms with Crippen molar-refractivity contribution in [1.29, 1.82) is 0 Å². The van der Waals surface area contributed by atoms with Gasteiger partial charge >= 0.3 is 0 Å². The fraction of sp³-hybridized carbons (Fsp3) is 0.706. The summed E-state index contributed by atoms with van der Waals surface area (Å²) in [5.41, 5.74) is 1.18. The lowest BCUT2D eigenvalue weighted by Crippen LogP contribution is -2.34. The first kappa shape index (κ1) is 16.4. The molecule has 0 amide bonds. The number of pyridine rings is 1. The van der Waals surface area contributed by atoms with Crippen LogP contribution in [0.1, 0.15) is 44.6 Å². The van der Waals surface area contributed by atoms with Crippen molar-refractivity contribution in [2.75, 3.05) is 13.2 Å². The zero-order valence-electron chi connectivity index (χ0n) is 13.0. The van der Waals surface area contributed by atoms with Gasteiger partial charge in [0.1, 0.15) is 0 Å². The molecule has 0 aliphatic heterocycles. The highest BCUT2D eigenvalue weighted by Gasteiger charge is 2.24. The van der Waals surface area contributed by atoms with E-state index in [4.69, 9.17) is 4.74 Å². The molecule has 0 saturated heterocycles. The van der Waals surface area contributed by atoms with Crippen LogP contribution in [-0.2, 0) is 11.3 Å². The van der Waals surface area contributed by atoms with Gasteiger partial charge in [-0.25, -0.2) is 0 Å². The second-order valence-electron chi connectivity index (χ2n) is 5.96. The molecule has 1 aromatic heterocycles. The molecular formula is C17H28N2O2. The quantitative estimate of drug-likeness (QED) is 0.773. The zero-order chi connectivity index (χ0) is 14.9. The van der Waals surface area contributed by atoms with Crippen LogP contribution in [0.2, 0.25) is 0 Å². The third kappa shape index (κ3) is 5.73. The molecule has 2 N–H and O–H groups in total. The summed E-state index contributed by atoms with van der Waals surface area (Å²) in [5.74, 6) is 0.677.